The molecule has 2 aliphatic rings. The van der Waals surface area contributed by atoms with Crippen LogP contribution in [0, 0.1) is 70.1 Å². The average molecular weight is 567 g/mol. The van der Waals surface area contributed by atoms with Crippen molar-refractivity contribution >= 4 is 22.3 Å². The second-order valence-electron chi connectivity index (χ2n) is 9.78. The molecule has 0 amide bonds. The van der Waals surface area contributed by atoms with E-state index in [4.69, 9.17) is 13.1 Å². The van der Waals surface area contributed by atoms with E-state index in [2.05, 4.69) is 9.69 Å². The van der Waals surface area contributed by atoms with E-state index in [-0.39, 0.29) is 22.5 Å². The molecule has 0 saturated heterocycles. The maximum absolute atomic E-state index is 14.1. The van der Waals surface area contributed by atoms with Gasteiger partial charge in [-0.1, -0.05) is 36.4 Å². The van der Waals surface area contributed by atoms with Gasteiger partial charge in [-0.05, 0) is 92.1 Å². The van der Waals surface area contributed by atoms with Crippen molar-refractivity contribution in [3.8, 4) is 46.5 Å². The van der Waals surface area contributed by atoms with E-state index in [1.807, 2.05) is 24.3 Å². The zero-order chi connectivity index (χ0) is 31.1. The summed E-state index contributed by atoms with van der Waals surface area (Å²) in [4.78, 5) is 6.99. The topological polar surface area (TPSA) is 104 Å². The fourth-order valence-electron chi connectivity index (χ4n) is 5.70. The molecule has 6 rings (SSSR count). The van der Waals surface area contributed by atoms with E-state index in [0.29, 0.717) is 66.8 Å². The van der Waals surface area contributed by atoms with Crippen molar-refractivity contribution in [3.63, 3.8) is 0 Å². The molecule has 0 heterocycles. The van der Waals surface area contributed by atoms with Crippen LogP contribution >= 0.6 is 0 Å². The van der Waals surface area contributed by atoms with Gasteiger partial charge in [0.15, 0.2) is 0 Å². The van der Waals surface area contributed by atoms with Crippen molar-refractivity contribution in [1.29, 1.82) is 21.0 Å². The van der Waals surface area contributed by atoms with Crippen LogP contribution in [0.3, 0.4) is 0 Å². The highest BCUT2D eigenvalue weighted by Crippen LogP contribution is 2.60. The lowest BCUT2D eigenvalue weighted by Gasteiger charge is -2.15. The number of hydrogen-bond donors (Lipinski definition) is 0. The standard InChI is InChI=1S/C36H12F2N6/c1-43-31(17-41)33-25-7-3-21(19-5-9-29(37)23(11-19)15-39)13-27(25)36-34(32(18-42)44-2)26-8-4-22(14-28(26)35(33)36)20-6-10-30(38)24(12-20)16-40/h3-14H/b33-31-,34-32+. The first-order chi connectivity index (χ1) is 21.4. The van der Waals surface area contributed by atoms with Crippen molar-refractivity contribution < 1.29 is 8.78 Å². The number of fused-ring (bicyclic) bond motifs is 4. The minimum Gasteiger partial charge on any atom is -0.226 e. The molecule has 2 aliphatic carbocycles. The van der Waals surface area contributed by atoms with E-state index in [1.54, 1.807) is 36.4 Å². The maximum Gasteiger partial charge on any atom is 0.270 e. The Labute approximate surface area is 250 Å². The van der Waals surface area contributed by atoms with Crippen LogP contribution < -0.4 is 0 Å². The summed E-state index contributed by atoms with van der Waals surface area (Å²) in [6, 6.07) is 26.4. The van der Waals surface area contributed by atoms with Crippen molar-refractivity contribution in [1.82, 2.24) is 0 Å². The van der Waals surface area contributed by atoms with Gasteiger partial charge in [0, 0.05) is 11.1 Å². The van der Waals surface area contributed by atoms with Gasteiger partial charge in [0.25, 0.3) is 11.4 Å². The Bertz CT molecular complexity index is 2170. The molecule has 0 N–H and O–H groups in total. The maximum atomic E-state index is 14.1. The molecule has 0 atom stereocenters. The number of halogens is 2. The number of benzene rings is 4. The van der Waals surface area contributed by atoms with Crippen LogP contribution in [0.25, 0.3) is 54.2 Å². The van der Waals surface area contributed by atoms with Crippen LogP contribution in [-0.4, -0.2) is 0 Å². The predicted molar refractivity (Wildman–Crippen MR) is 158 cm³/mol. The predicted octanol–water partition coefficient (Wildman–Crippen LogP) is 8.29. The Morgan fingerprint density at radius 1 is 0.523 bits per heavy atom. The van der Waals surface area contributed by atoms with Crippen LogP contribution in [0.2, 0.25) is 0 Å². The molecule has 200 valence electrons. The summed E-state index contributed by atoms with van der Waals surface area (Å²) in [5, 5.41) is 38.7. The molecular weight excluding hydrogens is 554 g/mol. The monoisotopic (exact) mass is 566 g/mol. The number of nitrogens with zero attached hydrogens (tertiary/aromatic N) is 6. The van der Waals surface area contributed by atoms with Crippen LogP contribution in [0.4, 0.5) is 8.78 Å². The Balaban J connectivity index is 1.69. The second-order valence-corrected chi connectivity index (χ2v) is 9.78. The fraction of sp³-hybridized carbons (Fsp3) is 0. The Kier molecular flexibility index (Phi) is 6.39. The fourth-order valence-corrected chi connectivity index (χ4v) is 5.70. The summed E-state index contributed by atoms with van der Waals surface area (Å²) in [7, 11) is 0. The molecule has 4 aromatic rings. The molecule has 6 nitrogen and oxygen atoms in total. The van der Waals surface area contributed by atoms with E-state index < -0.39 is 11.6 Å². The van der Waals surface area contributed by atoms with Gasteiger partial charge in [0.05, 0.1) is 36.4 Å². The first-order valence-electron chi connectivity index (χ1n) is 12.9. The number of allylic oxidation sites excluding steroid dienone is 6. The minimum absolute atomic E-state index is 0.134. The molecule has 0 radical (unpaired) electrons. The summed E-state index contributed by atoms with van der Waals surface area (Å²) in [6.45, 7) is 15.5. The molecule has 8 heteroatoms. The van der Waals surface area contributed by atoms with Gasteiger partial charge in [0.2, 0.25) is 0 Å². The first-order valence-corrected chi connectivity index (χ1v) is 12.9. The summed E-state index contributed by atoms with van der Waals surface area (Å²) in [5.41, 5.74) is 5.54. The molecule has 0 aliphatic heterocycles. The van der Waals surface area contributed by atoms with Crippen LogP contribution in [-0.2, 0) is 0 Å². The molecule has 0 fully saturated rings. The van der Waals surface area contributed by atoms with Gasteiger partial charge in [-0.15, -0.1) is 0 Å². The van der Waals surface area contributed by atoms with Gasteiger partial charge >= 0.3 is 0 Å². The van der Waals surface area contributed by atoms with E-state index in [1.165, 1.54) is 36.4 Å². The zero-order valence-corrected chi connectivity index (χ0v) is 22.4. The molecule has 0 bridgehead atoms. The van der Waals surface area contributed by atoms with Crippen LogP contribution in [0.15, 0.2) is 84.2 Å². The third-order valence-electron chi connectivity index (χ3n) is 7.62. The minimum atomic E-state index is -0.658. The van der Waals surface area contributed by atoms with Gasteiger partial charge < -0.3 is 0 Å². The highest BCUT2D eigenvalue weighted by molar-refractivity contribution is 6.37. The number of hydrogen-bond acceptors (Lipinski definition) is 4. The van der Waals surface area contributed by atoms with E-state index in [0.717, 1.165) is 0 Å². The smallest absolute Gasteiger partial charge is 0.226 e. The number of nitriles is 4. The van der Waals surface area contributed by atoms with Crippen molar-refractivity contribution in [3.05, 3.63) is 152 Å². The van der Waals surface area contributed by atoms with Gasteiger partial charge in [-0.2, -0.15) is 10.5 Å². The molecule has 4 aromatic carbocycles. The lowest BCUT2D eigenvalue weighted by Crippen LogP contribution is -1.96. The van der Waals surface area contributed by atoms with Gasteiger partial charge in [-0.3, -0.25) is 0 Å². The highest BCUT2D eigenvalue weighted by atomic mass is 19.1. The summed E-state index contributed by atoms with van der Waals surface area (Å²) < 4.78 is 28.2. The van der Waals surface area contributed by atoms with Crippen molar-refractivity contribution in [2.45, 2.75) is 0 Å². The average Bonchev–Trinajstić information content (AvgIpc) is 3.55. The zero-order valence-electron chi connectivity index (χ0n) is 22.4. The van der Waals surface area contributed by atoms with Crippen LogP contribution in [0.5, 0.6) is 0 Å². The Hall–Kier alpha value is -7.10. The normalized spacial score (nSPS) is 14.5. The van der Waals surface area contributed by atoms with E-state index >= 15 is 0 Å². The lowest BCUT2D eigenvalue weighted by molar-refractivity contribution is 0.624. The van der Waals surface area contributed by atoms with Gasteiger partial charge in [-0.25, -0.2) is 29.0 Å². The quantitative estimate of drug-likeness (QED) is 0.180. The summed E-state index contributed by atoms with van der Waals surface area (Å²) in [6.07, 6.45) is 0. The third kappa shape index (κ3) is 3.94. The Morgan fingerprint density at radius 2 is 0.886 bits per heavy atom. The molecule has 0 unspecified atom stereocenters. The number of rotatable bonds is 2. The SMILES string of the molecule is [C-]#[N+]/C(C#N)=C1C2=C(/C(=C(\C#N)[N+]#[C-])c3ccc(-c4ccc(F)c(C#N)c4)cc32)c2cc(-c3ccc(F)c(C#N)c3)ccc2\1. The van der Waals surface area contributed by atoms with Crippen molar-refractivity contribution in [2.24, 2.45) is 0 Å². The summed E-state index contributed by atoms with van der Waals surface area (Å²) >= 11 is 0. The molecule has 44 heavy (non-hydrogen) atoms. The molecule has 0 aromatic heterocycles. The first kappa shape index (κ1) is 27.1. The molecule has 0 spiro atoms. The highest BCUT2D eigenvalue weighted by Gasteiger charge is 2.39. The summed E-state index contributed by atoms with van der Waals surface area (Å²) in [5.74, 6) is -1.32. The third-order valence-corrected chi connectivity index (χ3v) is 7.62. The largest absolute Gasteiger partial charge is 0.270 e. The molecule has 0 saturated carbocycles. The lowest BCUT2D eigenvalue weighted by atomic mass is 9.88. The second kappa shape index (κ2) is 10.4. The van der Waals surface area contributed by atoms with Crippen molar-refractivity contribution in [2.75, 3.05) is 0 Å². The van der Waals surface area contributed by atoms with E-state index in [9.17, 15) is 29.8 Å². The van der Waals surface area contributed by atoms with Gasteiger partial charge in [0.1, 0.15) is 23.8 Å². The Morgan fingerprint density at radius 3 is 1.23 bits per heavy atom. The molecular formula is C36H12F2N6. The van der Waals surface area contributed by atoms with Crippen LogP contribution in [0.1, 0.15) is 33.4 Å².